The maximum absolute atomic E-state index is 12.0. The van der Waals surface area contributed by atoms with E-state index in [1.807, 2.05) is 0 Å². The van der Waals surface area contributed by atoms with E-state index in [4.69, 9.17) is 11.6 Å². The lowest BCUT2D eigenvalue weighted by molar-refractivity contribution is 0.577. The van der Waals surface area contributed by atoms with E-state index >= 15 is 0 Å². The minimum Gasteiger partial charge on any atom is -0.313 e. The first-order valence-electron chi connectivity index (χ1n) is 5.30. The second kappa shape index (κ2) is 6.05. The summed E-state index contributed by atoms with van der Waals surface area (Å²) in [5.41, 5.74) is 0. The highest BCUT2D eigenvalue weighted by molar-refractivity contribution is 7.91. The smallest absolute Gasteiger partial charge is 0.179 e. The van der Waals surface area contributed by atoms with Gasteiger partial charge in [-0.3, -0.25) is 0 Å². The van der Waals surface area contributed by atoms with Gasteiger partial charge in [-0.1, -0.05) is 11.6 Å². The number of rotatable bonds is 3. The Balaban J connectivity index is 0.00000144. The van der Waals surface area contributed by atoms with Crippen molar-refractivity contribution in [1.82, 2.24) is 5.32 Å². The summed E-state index contributed by atoms with van der Waals surface area (Å²) in [6.07, 6.45) is 1.99. The Bertz CT molecular complexity index is 453. The maximum Gasteiger partial charge on any atom is 0.179 e. The van der Waals surface area contributed by atoms with Gasteiger partial charge in [0.1, 0.15) is 0 Å². The van der Waals surface area contributed by atoms with Crippen LogP contribution >= 0.6 is 24.0 Å². The molecule has 1 saturated heterocycles. The lowest BCUT2D eigenvalue weighted by atomic mass is 10.3. The summed E-state index contributed by atoms with van der Waals surface area (Å²) in [6.45, 7) is 0.917. The van der Waals surface area contributed by atoms with Crippen molar-refractivity contribution in [1.29, 1.82) is 0 Å². The third kappa shape index (κ3) is 3.85. The second-order valence-corrected chi connectivity index (χ2v) is 6.50. The molecular weight excluding hydrogens is 281 g/mol. The number of nitrogens with one attached hydrogen (secondary N) is 1. The van der Waals surface area contributed by atoms with E-state index in [2.05, 4.69) is 5.32 Å². The molecule has 1 N–H and O–H groups in total. The molecule has 0 aromatic heterocycles. The quantitative estimate of drug-likeness (QED) is 0.931. The van der Waals surface area contributed by atoms with E-state index in [-0.39, 0.29) is 24.2 Å². The molecule has 1 aliphatic rings. The van der Waals surface area contributed by atoms with Gasteiger partial charge < -0.3 is 5.32 Å². The number of hydrogen-bond acceptors (Lipinski definition) is 3. The van der Waals surface area contributed by atoms with Gasteiger partial charge in [0.15, 0.2) is 9.84 Å². The third-order valence-electron chi connectivity index (χ3n) is 2.76. The molecule has 17 heavy (non-hydrogen) atoms. The van der Waals surface area contributed by atoms with Gasteiger partial charge >= 0.3 is 0 Å². The molecule has 0 bridgehead atoms. The van der Waals surface area contributed by atoms with Crippen molar-refractivity contribution < 1.29 is 8.42 Å². The number of sulfone groups is 1. The van der Waals surface area contributed by atoms with Crippen LogP contribution in [-0.2, 0) is 9.84 Å². The molecule has 3 nitrogen and oxygen atoms in total. The Morgan fingerprint density at radius 3 is 2.47 bits per heavy atom. The molecule has 1 heterocycles. The fourth-order valence-corrected chi connectivity index (χ4v) is 3.59. The van der Waals surface area contributed by atoms with Gasteiger partial charge in [-0.2, -0.15) is 0 Å². The van der Waals surface area contributed by atoms with Crippen molar-refractivity contribution in [3.63, 3.8) is 0 Å². The molecule has 0 aliphatic carbocycles. The van der Waals surface area contributed by atoms with Crippen molar-refractivity contribution in [2.75, 3.05) is 12.3 Å². The predicted molar refractivity (Wildman–Crippen MR) is 71.8 cm³/mol. The van der Waals surface area contributed by atoms with Crippen molar-refractivity contribution in [3.8, 4) is 0 Å². The average molecular weight is 296 g/mol. The van der Waals surface area contributed by atoms with Gasteiger partial charge in [0.25, 0.3) is 0 Å². The molecular formula is C11H15Cl2NO2S. The van der Waals surface area contributed by atoms with E-state index in [9.17, 15) is 8.42 Å². The van der Waals surface area contributed by atoms with Crippen LogP contribution in [0.2, 0.25) is 5.02 Å². The van der Waals surface area contributed by atoms with Crippen LogP contribution in [0.5, 0.6) is 0 Å². The summed E-state index contributed by atoms with van der Waals surface area (Å²) < 4.78 is 24.0. The monoisotopic (exact) mass is 295 g/mol. The van der Waals surface area contributed by atoms with Crippen LogP contribution in [0.3, 0.4) is 0 Å². The van der Waals surface area contributed by atoms with Gasteiger partial charge in [-0.15, -0.1) is 12.4 Å². The Labute approximate surface area is 113 Å². The molecule has 0 saturated carbocycles. The van der Waals surface area contributed by atoms with Crippen LogP contribution in [0, 0.1) is 0 Å². The summed E-state index contributed by atoms with van der Waals surface area (Å²) in [7, 11) is -3.18. The summed E-state index contributed by atoms with van der Waals surface area (Å²) in [4.78, 5) is 0.352. The molecule has 2 rings (SSSR count). The Morgan fingerprint density at radius 1 is 1.29 bits per heavy atom. The third-order valence-corrected chi connectivity index (χ3v) is 4.84. The van der Waals surface area contributed by atoms with Crippen molar-refractivity contribution in [3.05, 3.63) is 29.3 Å². The SMILES string of the molecule is Cl.O=S(=O)(CC1CCCN1)c1ccc(Cl)cc1. The molecule has 6 heteroatoms. The molecule has 1 aliphatic heterocycles. The van der Waals surface area contributed by atoms with Crippen LogP contribution in [0.25, 0.3) is 0 Å². The average Bonchev–Trinajstić information content (AvgIpc) is 2.70. The summed E-state index contributed by atoms with van der Waals surface area (Å²) in [5, 5.41) is 3.74. The summed E-state index contributed by atoms with van der Waals surface area (Å²) >= 11 is 5.72. The first kappa shape index (κ1) is 14.8. The minimum absolute atomic E-state index is 0. The zero-order valence-electron chi connectivity index (χ0n) is 9.23. The van der Waals surface area contributed by atoms with E-state index in [1.165, 1.54) is 0 Å². The fraction of sp³-hybridized carbons (Fsp3) is 0.455. The van der Waals surface area contributed by atoms with Crippen molar-refractivity contribution in [2.24, 2.45) is 0 Å². The first-order chi connectivity index (χ1) is 7.58. The molecule has 96 valence electrons. The fourth-order valence-electron chi connectivity index (χ4n) is 1.90. The highest BCUT2D eigenvalue weighted by Crippen LogP contribution is 2.18. The van der Waals surface area contributed by atoms with Gasteiger partial charge in [0.2, 0.25) is 0 Å². The van der Waals surface area contributed by atoms with Crippen LogP contribution in [-0.4, -0.2) is 26.8 Å². The van der Waals surface area contributed by atoms with E-state index < -0.39 is 9.84 Å². The van der Waals surface area contributed by atoms with Crippen LogP contribution in [0.1, 0.15) is 12.8 Å². The van der Waals surface area contributed by atoms with Crippen LogP contribution in [0.15, 0.2) is 29.2 Å². The molecule has 0 spiro atoms. The molecule has 1 aromatic rings. The highest BCUT2D eigenvalue weighted by Gasteiger charge is 2.23. The Kier molecular flexibility index (Phi) is 5.25. The van der Waals surface area contributed by atoms with Gasteiger partial charge in [-0.25, -0.2) is 8.42 Å². The van der Waals surface area contributed by atoms with Crippen molar-refractivity contribution in [2.45, 2.75) is 23.8 Å². The van der Waals surface area contributed by atoms with E-state index in [0.29, 0.717) is 9.92 Å². The largest absolute Gasteiger partial charge is 0.313 e. The van der Waals surface area contributed by atoms with Crippen LogP contribution in [0.4, 0.5) is 0 Å². The molecule has 1 unspecified atom stereocenters. The Morgan fingerprint density at radius 2 is 1.94 bits per heavy atom. The zero-order chi connectivity index (χ0) is 11.6. The standard InChI is InChI=1S/C11H14ClNO2S.ClH/c12-9-3-5-11(6-4-9)16(14,15)8-10-2-1-7-13-10;/h3-6,10,13H,1-2,7-8H2;1H. The maximum atomic E-state index is 12.0. The topological polar surface area (TPSA) is 46.2 Å². The number of benzene rings is 1. The molecule has 1 atom stereocenters. The molecule has 0 radical (unpaired) electrons. The number of halogens is 2. The summed E-state index contributed by atoms with van der Waals surface area (Å²) in [6, 6.07) is 6.44. The van der Waals surface area contributed by atoms with Gasteiger partial charge in [0.05, 0.1) is 10.6 Å². The minimum atomic E-state index is -3.18. The highest BCUT2D eigenvalue weighted by atomic mass is 35.5. The Hall–Kier alpha value is -0.290. The summed E-state index contributed by atoms with van der Waals surface area (Å²) in [5.74, 6) is 0.175. The second-order valence-electron chi connectivity index (χ2n) is 4.03. The first-order valence-corrected chi connectivity index (χ1v) is 7.33. The lowest BCUT2D eigenvalue weighted by Gasteiger charge is -2.10. The van der Waals surface area contributed by atoms with Gasteiger partial charge in [0, 0.05) is 11.1 Å². The van der Waals surface area contributed by atoms with Crippen LogP contribution < -0.4 is 5.32 Å². The molecule has 1 fully saturated rings. The van der Waals surface area contributed by atoms with E-state index in [0.717, 1.165) is 19.4 Å². The number of hydrogen-bond donors (Lipinski definition) is 1. The zero-order valence-corrected chi connectivity index (χ0v) is 11.6. The van der Waals surface area contributed by atoms with Gasteiger partial charge in [-0.05, 0) is 43.7 Å². The van der Waals surface area contributed by atoms with Crippen molar-refractivity contribution >= 4 is 33.8 Å². The molecule has 0 amide bonds. The predicted octanol–water partition coefficient (Wildman–Crippen LogP) is 2.29. The molecule has 1 aromatic carbocycles. The lowest BCUT2D eigenvalue weighted by Crippen LogP contribution is -2.29. The van der Waals surface area contributed by atoms with E-state index in [1.54, 1.807) is 24.3 Å². The normalized spacial score (nSPS) is 19.9.